The highest BCUT2D eigenvalue weighted by molar-refractivity contribution is 8.00. The molecule has 2 atom stereocenters. The van der Waals surface area contributed by atoms with Crippen molar-refractivity contribution in [2.75, 3.05) is 43.5 Å². The van der Waals surface area contributed by atoms with Gasteiger partial charge in [0.15, 0.2) is 13.1 Å². The lowest BCUT2D eigenvalue weighted by Crippen LogP contribution is -3.14. The maximum absolute atomic E-state index is 13.2. The highest BCUT2D eigenvalue weighted by atomic mass is 32.2. The fourth-order valence-electron chi connectivity index (χ4n) is 3.47. The number of thioether (sulfide) groups is 1. The van der Waals surface area contributed by atoms with Crippen LogP contribution < -0.4 is 19.9 Å². The van der Waals surface area contributed by atoms with Crippen LogP contribution in [0.15, 0.2) is 53.4 Å². The summed E-state index contributed by atoms with van der Waals surface area (Å²) >= 11 is 1.82. The number of amides is 2. The third-order valence-corrected chi connectivity index (χ3v) is 6.47. The van der Waals surface area contributed by atoms with E-state index in [2.05, 4.69) is 18.3 Å². The maximum Gasteiger partial charge on any atom is 0.282 e. The lowest BCUT2D eigenvalue weighted by Gasteiger charge is -2.25. The number of nitrogens with zero attached hydrogens (tertiary/aromatic N) is 1. The summed E-state index contributed by atoms with van der Waals surface area (Å²) in [7, 11) is 1.61. The van der Waals surface area contributed by atoms with E-state index in [0.29, 0.717) is 24.9 Å². The van der Waals surface area contributed by atoms with Gasteiger partial charge in [-0.15, -0.1) is 11.8 Å². The molecule has 0 bridgehead atoms. The number of anilines is 2. The van der Waals surface area contributed by atoms with E-state index in [-0.39, 0.29) is 18.4 Å². The molecule has 1 aliphatic rings. The molecule has 0 saturated carbocycles. The Morgan fingerprint density at radius 3 is 2.60 bits per heavy atom. The van der Waals surface area contributed by atoms with Gasteiger partial charge in [-0.25, -0.2) is 0 Å². The lowest BCUT2D eigenvalue weighted by molar-refractivity contribution is -0.881. The van der Waals surface area contributed by atoms with Crippen molar-refractivity contribution in [2.24, 2.45) is 0 Å². The van der Waals surface area contributed by atoms with Gasteiger partial charge in [-0.2, -0.15) is 0 Å². The Balaban J connectivity index is 1.62. The molecule has 0 radical (unpaired) electrons. The summed E-state index contributed by atoms with van der Waals surface area (Å²) in [6.45, 7) is 6.14. The Hall–Kier alpha value is -2.51. The molecule has 1 unspecified atom stereocenters. The van der Waals surface area contributed by atoms with Gasteiger partial charge >= 0.3 is 0 Å². The van der Waals surface area contributed by atoms with Gasteiger partial charge in [0.25, 0.3) is 11.8 Å². The van der Waals surface area contributed by atoms with Crippen LogP contribution in [0, 0.1) is 0 Å². The Kier molecular flexibility index (Phi) is 7.76. The van der Waals surface area contributed by atoms with Crippen molar-refractivity contribution in [1.29, 1.82) is 0 Å². The summed E-state index contributed by atoms with van der Waals surface area (Å²) in [5.41, 5.74) is 1.70. The number of hydrogen-bond donors (Lipinski definition) is 2. The van der Waals surface area contributed by atoms with Crippen LogP contribution in [-0.2, 0) is 9.59 Å². The number of quaternary nitrogens is 1. The summed E-state index contributed by atoms with van der Waals surface area (Å²) in [5.74, 6) is 0.695. The van der Waals surface area contributed by atoms with Crippen molar-refractivity contribution in [3.8, 4) is 5.75 Å². The summed E-state index contributed by atoms with van der Waals surface area (Å²) in [6.07, 6.45) is 0.949. The minimum atomic E-state index is -0.106. The van der Waals surface area contributed by atoms with Crippen molar-refractivity contribution >= 4 is 35.0 Å². The quantitative estimate of drug-likeness (QED) is 0.711. The highest BCUT2D eigenvalue weighted by Gasteiger charge is 2.27. The largest absolute Gasteiger partial charge is 0.497 e. The molecule has 0 saturated heterocycles. The van der Waals surface area contributed by atoms with E-state index in [0.717, 1.165) is 33.3 Å². The highest BCUT2D eigenvalue weighted by Crippen LogP contribution is 2.37. The summed E-state index contributed by atoms with van der Waals surface area (Å²) in [4.78, 5) is 29.6. The number of benzene rings is 2. The van der Waals surface area contributed by atoms with Crippen molar-refractivity contribution < 1.29 is 19.2 Å². The van der Waals surface area contributed by atoms with Crippen LogP contribution in [0.1, 0.15) is 20.3 Å². The van der Waals surface area contributed by atoms with Crippen LogP contribution >= 0.6 is 11.8 Å². The maximum atomic E-state index is 13.2. The molecule has 0 spiro atoms. The number of methoxy groups -OCH3 is 1. The zero-order chi connectivity index (χ0) is 21.5. The standard InChI is InChI=1S/C23H29N3O3S/c1-4-25(15-22(27)24-18-9-11-19(29-3)12-10-18)16-23(28)26-14-13-17(2)30-21-8-6-5-7-20(21)26/h5-12,17H,4,13-16H2,1-3H3,(H,24,27)/p+1/t17-/m0/s1. The van der Waals surface area contributed by atoms with Gasteiger partial charge in [0.2, 0.25) is 0 Å². The van der Waals surface area contributed by atoms with Crippen LogP contribution in [0.3, 0.4) is 0 Å². The molecule has 0 fully saturated rings. The predicted octanol–water partition coefficient (Wildman–Crippen LogP) is 2.46. The zero-order valence-electron chi connectivity index (χ0n) is 17.8. The number of fused-ring (bicyclic) bond motifs is 1. The van der Waals surface area contributed by atoms with E-state index < -0.39 is 0 Å². The fourth-order valence-corrected chi connectivity index (χ4v) is 4.59. The molecule has 7 heteroatoms. The number of likely N-dealkylation sites (N-methyl/N-ethyl adjacent to an activating group) is 1. The average molecular weight is 429 g/mol. The summed E-state index contributed by atoms with van der Waals surface area (Å²) in [6, 6.07) is 15.3. The topological polar surface area (TPSA) is 63.1 Å². The Morgan fingerprint density at radius 2 is 1.90 bits per heavy atom. The molecule has 1 aliphatic heterocycles. The van der Waals surface area contributed by atoms with Crippen LogP contribution in [0.2, 0.25) is 0 Å². The van der Waals surface area contributed by atoms with E-state index in [1.54, 1.807) is 31.4 Å². The second kappa shape index (κ2) is 10.5. The molecule has 3 rings (SSSR count). The first kappa shape index (κ1) is 22.2. The second-order valence-electron chi connectivity index (χ2n) is 7.46. The molecule has 160 valence electrons. The monoisotopic (exact) mass is 428 g/mol. The van der Waals surface area contributed by atoms with Crippen LogP contribution in [-0.4, -0.2) is 50.4 Å². The van der Waals surface area contributed by atoms with Gasteiger partial charge in [-0.1, -0.05) is 19.1 Å². The molecular formula is C23H30N3O3S+. The summed E-state index contributed by atoms with van der Waals surface area (Å²) in [5, 5.41) is 3.37. The minimum absolute atomic E-state index is 0.0613. The third-order valence-electron chi connectivity index (χ3n) is 5.23. The normalized spacial score (nSPS) is 16.9. The number of rotatable bonds is 7. The number of hydrogen-bond acceptors (Lipinski definition) is 4. The van der Waals surface area contributed by atoms with Crippen LogP contribution in [0.5, 0.6) is 5.75 Å². The first-order valence-corrected chi connectivity index (χ1v) is 11.2. The van der Waals surface area contributed by atoms with Gasteiger partial charge in [-0.3, -0.25) is 9.59 Å². The third kappa shape index (κ3) is 5.77. The molecule has 30 heavy (non-hydrogen) atoms. The first-order chi connectivity index (χ1) is 14.5. The van der Waals surface area contributed by atoms with Gasteiger partial charge in [0.05, 0.1) is 19.3 Å². The number of carbonyl (C=O) groups is 2. The molecule has 1 heterocycles. The Labute approximate surface area is 182 Å². The minimum Gasteiger partial charge on any atom is -0.497 e. The average Bonchev–Trinajstić information content (AvgIpc) is 2.91. The van der Waals surface area contributed by atoms with Crippen molar-refractivity contribution in [3.63, 3.8) is 0 Å². The van der Waals surface area contributed by atoms with Gasteiger partial charge in [0, 0.05) is 22.4 Å². The van der Waals surface area contributed by atoms with Crippen LogP contribution in [0.25, 0.3) is 0 Å². The van der Waals surface area contributed by atoms with Crippen molar-refractivity contribution in [2.45, 2.75) is 30.4 Å². The molecule has 2 N–H and O–H groups in total. The van der Waals surface area contributed by atoms with E-state index in [4.69, 9.17) is 4.74 Å². The smallest absolute Gasteiger partial charge is 0.282 e. The predicted molar refractivity (Wildman–Crippen MR) is 122 cm³/mol. The lowest BCUT2D eigenvalue weighted by atomic mass is 10.2. The van der Waals surface area contributed by atoms with Gasteiger partial charge < -0.3 is 19.9 Å². The number of para-hydroxylation sites is 1. The molecule has 2 aromatic carbocycles. The molecule has 2 amide bonds. The number of ether oxygens (including phenoxy) is 1. The van der Waals surface area contributed by atoms with E-state index >= 15 is 0 Å². The van der Waals surface area contributed by atoms with E-state index in [1.807, 2.05) is 41.8 Å². The van der Waals surface area contributed by atoms with E-state index in [9.17, 15) is 9.59 Å². The molecule has 2 aromatic rings. The van der Waals surface area contributed by atoms with E-state index in [1.165, 1.54) is 0 Å². The summed E-state index contributed by atoms with van der Waals surface area (Å²) < 4.78 is 5.14. The molecule has 6 nitrogen and oxygen atoms in total. The van der Waals surface area contributed by atoms with Crippen molar-refractivity contribution in [1.82, 2.24) is 0 Å². The van der Waals surface area contributed by atoms with Crippen molar-refractivity contribution in [3.05, 3.63) is 48.5 Å². The number of carbonyl (C=O) groups excluding carboxylic acids is 2. The van der Waals surface area contributed by atoms with Gasteiger partial charge in [-0.05, 0) is 49.7 Å². The van der Waals surface area contributed by atoms with Gasteiger partial charge in [0.1, 0.15) is 5.75 Å². The Morgan fingerprint density at radius 1 is 1.17 bits per heavy atom. The Bertz CT molecular complexity index is 872. The zero-order valence-corrected chi connectivity index (χ0v) is 18.6. The number of nitrogens with one attached hydrogen (secondary N) is 2. The molecule has 0 aliphatic carbocycles. The second-order valence-corrected chi connectivity index (χ2v) is 8.94. The van der Waals surface area contributed by atoms with Crippen LogP contribution in [0.4, 0.5) is 11.4 Å². The molecular weight excluding hydrogens is 398 g/mol. The first-order valence-electron chi connectivity index (χ1n) is 10.3. The fraction of sp³-hybridized carbons (Fsp3) is 0.391. The molecule has 0 aromatic heterocycles. The SMILES string of the molecule is CC[NH+](CC(=O)Nc1ccc(OC)cc1)CC(=O)N1CC[C@H](C)Sc2ccccc21.